The van der Waals surface area contributed by atoms with Gasteiger partial charge in [-0.15, -0.1) is 0 Å². The van der Waals surface area contributed by atoms with Gasteiger partial charge in [0.1, 0.15) is 0 Å². The molecule has 0 radical (unpaired) electrons. The molecule has 1 aliphatic heterocycles. The number of nitrogens with zero attached hydrogens (tertiary/aromatic N) is 2. The molecule has 1 heterocycles. The van der Waals surface area contributed by atoms with Crippen LogP contribution in [0.2, 0.25) is 0 Å². The summed E-state index contributed by atoms with van der Waals surface area (Å²) in [4.78, 5) is 13.4. The molecule has 2 aromatic carbocycles. The molecule has 1 fully saturated rings. The van der Waals surface area contributed by atoms with Crippen LogP contribution in [-0.4, -0.2) is 28.5 Å². The van der Waals surface area contributed by atoms with Crippen LogP contribution in [0.5, 0.6) is 0 Å². The van der Waals surface area contributed by atoms with Gasteiger partial charge in [0.2, 0.25) is 0 Å². The predicted molar refractivity (Wildman–Crippen MR) is 99.7 cm³/mol. The first-order chi connectivity index (χ1) is 12.1. The average Bonchev–Trinajstić information content (AvgIpc) is 3.07. The Labute approximate surface area is 148 Å². The maximum absolute atomic E-state index is 11.0. The zero-order chi connectivity index (χ0) is 17.4. The number of rotatable bonds is 3. The molecule has 0 spiro atoms. The number of non-ortho nitro benzene ring substituents is 1. The van der Waals surface area contributed by atoms with Crippen molar-refractivity contribution >= 4 is 5.69 Å². The summed E-state index contributed by atoms with van der Waals surface area (Å²) in [5.74, 6) is 0. The third-order valence-corrected chi connectivity index (χ3v) is 5.87. The number of aryl methyl sites for hydroxylation is 1. The van der Waals surface area contributed by atoms with Crippen LogP contribution in [0.3, 0.4) is 0 Å². The second kappa shape index (κ2) is 6.60. The highest BCUT2D eigenvalue weighted by atomic mass is 16.6. The van der Waals surface area contributed by atoms with Gasteiger partial charge in [-0.3, -0.25) is 15.0 Å². The molecule has 4 nitrogen and oxygen atoms in total. The van der Waals surface area contributed by atoms with Crippen molar-refractivity contribution in [1.29, 1.82) is 0 Å². The highest BCUT2D eigenvalue weighted by molar-refractivity contribution is 5.67. The third-order valence-electron chi connectivity index (χ3n) is 5.87. The minimum Gasteiger partial charge on any atom is -0.297 e. The molecule has 0 amide bonds. The quantitative estimate of drug-likeness (QED) is 0.608. The lowest BCUT2D eigenvalue weighted by atomic mass is 9.85. The zero-order valence-corrected chi connectivity index (χ0v) is 14.6. The zero-order valence-electron chi connectivity index (χ0n) is 14.6. The van der Waals surface area contributed by atoms with Gasteiger partial charge in [-0.1, -0.05) is 30.3 Å². The number of nitro groups is 1. The molecule has 25 heavy (non-hydrogen) atoms. The molecule has 1 aliphatic carbocycles. The molecule has 2 aliphatic rings. The summed E-state index contributed by atoms with van der Waals surface area (Å²) in [6.07, 6.45) is 6.11. The van der Waals surface area contributed by atoms with Gasteiger partial charge in [-0.2, -0.15) is 0 Å². The smallest absolute Gasteiger partial charge is 0.270 e. The van der Waals surface area contributed by atoms with Gasteiger partial charge >= 0.3 is 0 Å². The Hall–Kier alpha value is -2.20. The third kappa shape index (κ3) is 3.19. The van der Waals surface area contributed by atoms with Crippen molar-refractivity contribution < 1.29 is 4.92 Å². The van der Waals surface area contributed by atoms with Gasteiger partial charge < -0.3 is 0 Å². The van der Waals surface area contributed by atoms with Crippen molar-refractivity contribution in [3.8, 4) is 11.1 Å². The van der Waals surface area contributed by atoms with Crippen molar-refractivity contribution in [2.75, 3.05) is 6.54 Å². The van der Waals surface area contributed by atoms with Crippen molar-refractivity contribution in [1.82, 2.24) is 4.90 Å². The van der Waals surface area contributed by atoms with Crippen LogP contribution in [-0.2, 0) is 12.8 Å². The predicted octanol–water partition coefficient (Wildman–Crippen LogP) is 4.60. The minimum atomic E-state index is -0.330. The topological polar surface area (TPSA) is 46.4 Å². The van der Waals surface area contributed by atoms with E-state index < -0.39 is 0 Å². The maximum atomic E-state index is 11.0. The number of fused-ring (bicyclic) bond motifs is 1. The van der Waals surface area contributed by atoms with Crippen molar-refractivity contribution in [2.24, 2.45) is 0 Å². The number of nitro benzene ring substituents is 1. The normalized spacial score (nSPS) is 23.4. The van der Waals surface area contributed by atoms with E-state index in [4.69, 9.17) is 0 Å². The van der Waals surface area contributed by atoms with E-state index in [2.05, 4.69) is 30.0 Å². The summed E-state index contributed by atoms with van der Waals surface area (Å²) in [5.41, 5.74) is 5.01. The van der Waals surface area contributed by atoms with Crippen molar-refractivity contribution in [2.45, 2.75) is 51.1 Å². The Balaban J connectivity index is 1.58. The standard InChI is InChI=1S/C21H24N2O2/c1-15-4-3-11-22(15)20-10-9-18-12-17(7-8-19(18)13-20)16-5-2-6-21(14-16)23(24)25/h2,5-8,12,14-15,20H,3-4,9-11,13H2,1H3. The van der Waals surface area contributed by atoms with E-state index in [1.54, 1.807) is 18.2 Å². The van der Waals surface area contributed by atoms with Crippen LogP contribution in [0.15, 0.2) is 42.5 Å². The van der Waals surface area contributed by atoms with E-state index in [9.17, 15) is 10.1 Å². The molecule has 1 saturated heterocycles. The molecule has 2 aromatic rings. The first-order valence-electron chi connectivity index (χ1n) is 9.24. The molecular formula is C21H24N2O2. The Morgan fingerprint density at radius 1 is 1.08 bits per heavy atom. The van der Waals surface area contributed by atoms with E-state index >= 15 is 0 Å². The van der Waals surface area contributed by atoms with Crippen LogP contribution in [0.1, 0.15) is 37.3 Å². The van der Waals surface area contributed by atoms with Gasteiger partial charge in [0.15, 0.2) is 0 Å². The lowest BCUT2D eigenvalue weighted by Gasteiger charge is -2.35. The number of likely N-dealkylation sites (tertiary alicyclic amines) is 1. The summed E-state index contributed by atoms with van der Waals surface area (Å²) >= 11 is 0. The Kier molecular flexibility index (Phi) is 4.30. The molecule has 0 bridgehead atoms. The van der Waals surface area contributed by atoms with Crippen LogP contribution < -0.4 is 0 Å². The monoisotopic (exact) mass is 336 g/mol. The SMILES string of the molecule is CC1CCCN1C1CCc2cc(-c3cccc([N+](=O)[O-])c3)ccc2C1. The summed E-state index contributed by atoms with van der Waals surface area (Å²) in [6, 6.07) is 14.9. The van der Waals surface area contributed by atoms with Gasteiger partial charge in [0, 0.05) is 24.2 Å². The molecule has 4 rings (SSSR count). The van der Waals surface area contributed by atoms with E-state index in [0.717, 1.165) is 30.0 Å². The molecule has 0 N–H and O–H groups in total. The molecule has 2 unspecified atom stereocenters. The lowest BCUT2D eigenvalue weighted by molar-refractivity contribution is -0.384. The highest BCUT2D eigenvalue weighted by Gasteiger charge is 2.30. The first-order valence-corrected chi connectivity index (χ1v) is 9.24. The summed E-state index contributed by atoms with van der Waals surface area (Å²) < 4.78 is 0. The number of hydrogen-bond donors (Lipinski definition) is 0. The van der Waals surface area contributed by atoms with E-state index in [0.29, 0.717) is 6.04 Å². The second-order valence-corrected chi connectivity index (χ2v) is 7.42. The van der Waals surface area contributed by atoms with Gasteiger partial charge in [-0.05, 0) is 67.8 Å². The lowest BCUT2D eigenvalue weighted by Crippen LogP contribution is -2.41. The van der Waals surface area contributed by atoms with E-state index in [1.807, 2.05) is 6.07 Å². The molecule has 4 heteroatoms. The van der Waals surface area contributed by atoms with E-state index in [1.165, 1.54) is 36.9 Å². The van der Waals surface area contributed by atoms with Crippen LogP contribution in [0.25, 0.3) is 11.1 Å². The molecule has 0 aromatic heterocycles. The number of hydrogen-bond acceptors (Lipinski definition) is 3. The van der Waals surface area contributed by atoms with Crippen molar-refractivity contribution in [3.05, 3.63) is 63.7 Å². The van der Waals surface area contributed by atoms with Crippen LogP contribution >= 0.6 is 0 Å². The van der Waals surface area contributed by atoms with Crippen LogP contribution in [0, 0.1) is 10.1 Å². The molecule has 0 saturated carbocycles. The maximum Gasteiger partial charge on any atom is 0.270 e. The number of benzene rings is 2. The Morgan fingerprint density at radius 2 is 1.92 bits per heavy atom. The molecule has 2 atom stereocenters. The fraction of sp³-hybridized carbons (Fsp3) is 0.429. The van der Waals surface area contributed by atoms with Crippen LogP contribution in [0.4, 0.5) is 5.69 Å². The van der Waals surface area contributed by atoms with Gasteiger partial charge in [0.25, 0.3) is 5.69 Å². The average molecular weight is 336 g/mol. The Morgan fingerprint density at radius 3 is 2.68 bits per heavy atom. The largest absolute Gasteiger partial charge is 0.297 e. The summed E-state index contributed by atoms with van der Waals surface area (Å²) in [5, 5.41) is 11.0. The second-order valence-electron chi connectivity index (χ2n) is 7.42. The molecular weight excluding hydrogens is 312 g/mol. The highest BCUT2D eigenvalue weighted by Crippen LogP contribution is 2.32. The summed E-state index contributed by atoms with van der Waals surface area (Å²) in [6.45, 7) is 3.60. The summed E-state index contributed by atoms with van der Waals surface area (Å²) in [7, 11) is 0. The molecule has 130 valence electrons. The van der Waals surface area contributed by atoms with E-state index in [-0.39, 0.29) is 10.6 Å². The first kappa shape index (κ1) is 16.3. The fourth-order valence-corrected chi connectivity index (χ4v) is 4.50. The minimum absolute atomic E-state index is 0.151. The fourth-order valence-electron chi connectivity index (χ4n) is 4.50. The van der Waals surface area contributed by atoms with Gasteiger partial charge in [-0.25, -0.2) is 0 Å². The van der Waals surface area contributed by atoms with Gasteiger partial charge in [0.05, 0.1) is 4.92 Å². The van der Waals surface area contributed by atoms with Crippen molar-refractivity contribution in [3.63, 3.8) is 0 Å². The Bertz CT molecular complexity index is 802.